The number of hydrogen-bond donors (Lipinski definition) is 2. The third-order valence-corrected chi connectivity index (χ3v) is 0.471. The molecule has 0 rings (SSSR count). The number of rotatable bonds is 3. The minimum atomic E-state index is -1.60. The van der Waals surface area contributed by atoms with Crippen molar-refractivity contribution < 1.29 is 14.7 Å². The minimum Gasteiger partial charge on any atom is -0.402 e. The second-order valence-electron chi connectivity index (χ2n) is 1.20. The summed E-state index contributed by atoms with van der Waals surface area (Å²) in [4.78, 5) is 0. The Morgan fingerprint density at radius 1 is 1.57 bits per heavy atom. The summed E-state index contributed by atoms with van der Waals surface area (Å²) in [5.74, 6) is 0. The van der Waals surface area contributed by atoms with Gasteiger partial charge in [-0.15, -0.1) is 0 Å². The maximum atomic E-state index is 8.02. The quantitative estimate of drug-likeness (QED) is 0.469. The SMILES string of the molecule is CCCOB(O)O. The summed E-state index contributed by atoms with van der Waals surface area (Å²) in [6.07, 6.45) is 0.803. The first-order valence-electron chi connectivity index (χ1n) is 2.25. The van der Waals surface area contributed by atoms with Gasteiger partial charge >= 0.3 is 7.32 Å². The first kappa shape index (κ1) is 6.94. The molecule has 7 heavy (non-hydrogen) atoms. The first-order valence-corrected chi connectivity index (χ1v) is 2.25. The largest absolute Gasteiger partial charge is 0.633 e. The van der Waals surface area contributed by atoms with Crippen LogP contribution in [0.15, 0.2) is 0 Å². The fraction of sp³-hybridized carbons (Fsp3) is 1.00. The molecular weight excluding hydrogens is 94.8 g/mol. The second-order valence-corrected chi connectivity index (χ2v) is 1.20. The Hall–Kier alpha value is -0.0551. The van der Waals surface area contributed by atoms with E-state index in [-0.39, 0.29) is 0 Å². The smallest absolute Gasteiger partial charge is 0.402 e. The van der Waals surface area contributed by atoms with Crippen molar-refractivity contribution in [3.8, 4) is 0 Å². The monoisotopic (exact) mass is 104 g/mol. The lowest BCUT2D eigenvalue weighted by Crippen LogP contribution is -2.16. The van der Waals surface area contributed by atoms with E-state index in [4.69, 9.17) is 10.0 Å². The van der Waals surface area contributed by atoms with Crippen molar-refractivity contribution in [2.24, 2.45) is 0 Å². The van der Waals surface area contributed by atoms with Gasteiger partial charge in [-0.1, -0.05) is 6.92 Å². The van der Waals surface area contributed by atoms with Crippen LogP contribution in [0, 0.1) is 0 Å². The molecule has 0 spiro atoms. The summed E-state index contributed by atoms with van der Waals surface area (Å²) in [6.45, 7) is 2.29. The fourth-order valence-electron chi connectivity index (χ4n) is 0.223. The van der Waals surface area contributed by atoms with Gasteiger partial charge in [0.05, 0.1) is 0 Å². The van der Waals surface area contributed by atoms with Crippen molar-refractivity contribution in [1.29, 1.82) is 0 Å². The predicted octanol–water partition coefficient (Wildman–Crippen LogP) is -0.617. The highest BCUT2D eigenvalue weighted by Crippen LogP contribution is 1.78. The summed E-state index contributed by atoms with van der Waals surface area (Å²) in [6, 6.07) is 0. The van der Waals surface area contributed by atoms with Gasteiger partial charge in [0.1, 0.15) is 0 Å². The summed E-state index contributed by atoms with van der Waals surface area (Å²) in [5.41, 5.74) is 0. The molecule has 0 heterocycles. The molecule has 0 saturated carbocycles. The van der Waals surface area contributed by atoms with Crippen molar-refractivity contribution in [1.82, 2.24) is 0 Å². The Balaban J connectivity index is 2.68. The van der Waals surface area contributed by atoms with E-state index in [0.29, 0.717) is 6.61 Å². The Morgan fingerprint density at radius 2 is 2.14 bits per heavy atom. The van der Waals surface area contributed by atoms with Crippen molar-refractivity contribution in [3.63, 3.8) is 0 Å². The van der Waals surface area contributed by atoms with Gasteiger partial charge in [0.2, 0.25) is 0 Å². The zero-order chi connectivity index (χ0) is 5.70. The number of hydrogen-bond acceptors (Lipinski definition) is 3. The van der Waals surface area contributed by atoms with Crippen LogP contribution in [0.25, 0.3) is 0 Å². The summed E-state index contributed by atoms with van der Waals surface area (Å²) >= 11 is 0. The van der Waals surface area contributed by atoms with Gasteiger partial charge in [-0.05, 0) is 6.42 Å². The average molecular weight is 104 g/mol. The van der Waals surface area contributed by atoms with E-state index in [2.05, 4.69) is 4.65 Å². The highest BCUT2D eigenvalue weighted by molar-refractivity contribution is 6.32. The lowest BCUT2D eigenvalue weighted by Gasteiger charge is -1.95. The van der Waals surface area contributed by atoms with E-state index in [9.17, 15) is 0 Å². The van der Waals surface area contributed by atoms with Gasteiger partial charge < -0.3 is 14.7 Å². The van der Waals surface area contributed by atoms with Crippen LogP contribution in [0.1, 0.15) is 13.3 Å². The van der Waals surface area contributed by atoms with Crippen LogP contribution in [0.2, 0.25) is 0 Å². The van der Waals surface area contributed by atoms with Gasteiger partial charge in [-0.25, -0.2) is 0 Å². The molecule has 0 aromatic rings. The van der Waals surface area contributed by atoms with Crippen LogP contribution in [0.3, 0.4) is 0 Å². The molecule has 0 aliphatic heterocycles. The van der Waals surface area contributed by atoms with Gasteiger partial charge in [0.25, 0.3) is 0 Å². The molecule has 0 aromatic heterocycles. The normalized spacial score (nSPS) is 9.00. The summed E-state index contributed by atoms with van der Waals surface area (Å²) in [5, 5.41) is 16.0. The third kappa shape index (κ3) is 5.94. The molecule has 0 saturated heterocycles. The molecule has 4 heteroatoms. The molecule has 0 unspecified atom stereocenters. The zero-order valence-electron chi connectivity index (χ0n) is 4.29. The zero-order valence-corrected chi connectivity index (χ0v) is 4.29. The topological polar surface area (TPSA) is 49.7 Å². The Morgan fingerprint density at radius 3 is 2.29 bits per heavy atom. The molecule has 0 aliphatic carbocycles. The van der Waals surface area contributed by atoms with E-state index < -0.39 is 7.32 Å². The molecule has 0 atom stereocenters. The van der Waals surface area contributed by atoms with E-state index in [1.54, 1.807) is 0 Å². The standard InChI is InChI=1S/C3H9BO3/c1-2-3-7-4(5)6/h5-6H,2-3H2,1H3. The van der Waals surface area contributed by atoms with Gasteiger partial charge in [0.15, 0.2) is 0 Å². The van der Waals surface area contributed by atoms with E-state index in [1.807, 2.05) is 6.92 Å². The molecule has 42 valence electrons. The van der Waals surface area contributed by atoms with E-state index >= 15 is 0 Å². The van der Waals surface area contributed by atoms with Gasteiger partial charge in [0, 0.05) is 6.61 Å². The molecule has 0 bridgehead atoms. The lowest BCUT2D eigenvalue weighted by molar-refractivity contribution is 0.186. The molecule has 2 N–H and O–H groups in total. The lowest BCUT2D eigenvalue weighted by atomic mass is 10.3. The van der Waals surface area contributed by atoms with Gasteiger partial charge in [-0.2, -0.15) is 0 Å². The molecular formula is C3H9BO3. The first-order chi connectivity index (χ1) is 3.27. The fourth-order valence-corrected chi connectivity index (χ4v) is 0.223. The molecule has 0 radical (unpaired) electrons. The van der Waals surface area contributed by atoms with E-state index in [0.717, 1.165) is 6.42 Å². The average Bonchev–Trinajstić information content (AvgIpc) is 1.61. The highest BCUT2D eigenvalue weighted by atomic mass is 16.6. The van der Waals surface area contributed by atoms with Crippen LogP contribution in [0.4, 0.5) is 0 Å². The Bertz CT molecular complexity index is 39.2. The predicted molar refractivity (Wildman–Crippen MR) is 26.4 cm³/mol. The van der Waals surface area contributed by atoms with Crippen LogP contribution in [-0.2, 0) is 4.65 Å². The van der Waals surface area contributed by atoms with Crippen LogP contribution < -0.4 is 0 Å². The molecule has 0 aromatic carbocycles. The molecule has 0 amide bonds. The van der Waals surface area contributed by atoms with E-state index in [1.165, 1.54) is 0 Å². The molecule has 0 aliphatic rings. The van der Waals surface area contributed by atoms with Crippen molar-refractivity contribution in [3.05, 3.63) is 0 Å². The molecule has 3 nitrogen and oxygen atoms in total. The Labute approximate surface area is 43.1 Å². The van der Waals surface area contributed by atoms with Crippen LogP contribution in [0.5, 0.6) is 0 Å². The maximum Gasteiger partial charge on any atom is 0.633 e. The van der Waals surface area contributed by atoms with Crippen LogP contribution >= 0.6 is 0 Å². The summed E-state index contributed by atoms with van der Waals surface area (Å²) in [7, 11) is -1.60. The third-order valence-electron chi connectivity index (χ3n) is 0.471. The minimum absolute atomic E-state index is 0.400. The Kier molecular flexibility index (Phi) is 4.08. The summed E-state index contributed by atoms with van der Waals surface area (Å²) < 4.78 is 4.30. The van der Waals surface area contributed by atoms with Crippen molar-refractivity contribution >= 4 is 7.32 Å². The van der Waals surface area contributed by atoms with Gasteiger partial charge in [-0.3, -0.25) is 0 Å². The maximum absolute atomic E-state index is 8.02. The van der Waals surface area contributed by atoms with Crippen molar-refractivity contribution in [2.75, 3.05) is 6.61 Å². The van der Waals surface area contributed by atoms with Crippen LogP contribution in [-0.4, -0.2) is 24.0 Å². The van der Waals surface area contributed by atoms with Crippen molar-refractivity contribution in [2.45, 2.75) is 13.3 Å². The molecule has 0 fully saturated rings. The highest BCUT2D eigenvalue weighted by Gasteiger charge is 2.04. The second kappa shape index (κ2) is 4.11.